The summed E-state index contributed by atoms with van der Waals surface area (Å²) in [4.78, 5) is 77.8. The molecular weight excluding hydrogens is 939 g/mol. The number of benzene rings is 4. The molecule has 0 fully saturated rings. The number of aliphatic hydroxyl groups is 2. The Labute approximate surface area is 404 Å². The van der Waals surface area contributed by atoms with Crippen molar-refractivity contribution in [3.8, 4) is 22.3 Å². The number of aromatic nitrogens is 8. The fourth-order valence-electron chi connectivity index (χ4n) is 7.69. The van der Waals surface area contributed by atoms with Crippen molar-refractivity contribution in [2.45, 2.75) is 51.0 Å². The minimum Gasteiger partial charge on any atom is -0.479 e. The maximum absolute atomic E-state index is 14.0. The number of imidazole rings is 2. The zero-order valence-corrected chi connectivity index (χ0v) is 37.9. The number of carboxylic acid groups (broad SMARTS) is 2. The van der Waals surface area contributed by atoms with Crippen LogP contribution in [0.4, 0.5) is 20.4 Å². The first-order valence-corrected chi connectivity index (χ1v) is 22.0. The Morgan fingerprint density at radius 2 is 0.986 bits per heavy atom. The van der Waals surface area contributed by atoms with Gasteiger partial charge in [-0.25, -0.2) is 48.3 Å². The number of anilines is 2. The van der Waals surface area contributed by atoms with Crippen molar-refractivity contribution in [2.75, 3.05) is 10.6 Å². The van der Waals surface area contributed by atoms with Crippen molar-refractivity contribution in [3.63, 3.8) is 0 Å². The number of rotatable bonds is 13. The van der Waals surface area contributed by atoms with E-state index in [0.717, 1.165) is 0 Å². The number of carbonyl (C=O) groups is 2. The second-order valence-electron chi connectivity index (χ2n) is 15.8. The maximum Gasteiger partial charge on any atom is 0.335 e. The summed E-state index contributed by atoms with van der Waals surface area (Å²) in [6, 6.07) is 25.2. The molecule has 20 nitrogen and oxygen atoms in total. The van der Waals surface area contributed by atoms with Crippen LogP contribution in [0.15, 0.2) is 141 Å². The van der Waals surface area contributed by atoms with Gasteiger partial charge in [-0.15, -0.1) is 0 Å². The first kappa shape index (κ1) is 49.2. The van der Waals surface area contributed by atoms with E-state index in [2.05, 4.69) is 50.5 Å². The van der Waals surface area contributed by atoms with Crippen LogP contribution in [0.2, 0.25) is 0 Å². The van der Waals surface area contributed by atoms with E-state index in [9.17, 15) is 28.0 Å². The van der Waals surface area contributed by atoms with Crippen LogP contribution in [0.5, 0.6) is 0 Å². The lowest BCUT2D eigenvalue weighted by Gasteiger charge is -2.20. The third kappa shape index (κ3) is 10.3. The molecular formula is C50H42F2N10O10. The predicted octanol–water partition coefficient (Wildman–Crippen LogP) is 7.53. The molecule has 0 aliphatic carbocycles. The zero-order valence-electron chi connectivity index (χ0n) is 37.9. The number of para-hydroxylation sites is 2. The Bertz CT molecular complexity index is 3470. The van der Waals surface area contributed by atoms with Crippen LogP contribution in [0, 0.1) is 11.6 Å². The van der Waals surface area contributed by atoms with E-state index in [1.165, 1.54) is 36.9 Å². The first-order valence-electron chi connectivity index (χ1n) is 22.0. The molecule has 8 N–H and O–H groups in total. The molecule has 6 aromatic heterocycles. The molecule has 0 spiro atoms. The summed E-state index contributed by atoms with van der Waals surface area (Å²) in [6.45, 7) is 3.93. The van der Waals surface area contributed by atoms with E-state index >= 15 is 0 Å². The SMILES string of the molecule is CC[C@H](Nc1ncnc2[nH]cnc12)c1oc2ccccc2c(=O)c1-c1cccc(F)c1.CC[C@H](Nc1ncnc2[nH]cnc12)c1oc2ccccc2c(=O)c1-c1cccc(F)c1.O=C(O)C(O)C(O)C(=O)O. The third-order valence-electron chi connectivity index (χ3n) is 11.2. The monoisotopic (exact) mass is 980 g/mol. The standard InChI is InChI=1S/2C23H18FN5O2.C4H6O6/c2*1-2-16(29-23-19-22(26-11-25-19)27-12-28-23)21-18(13-6-5-7-14(24)10-13)20(30)15-8-3-4-9-17(15)31-21;5-1(3(7)8)2(6)4(9)10/h2*3-12,16H,2H2,1H3,(H2,25,26,27,28,29);1-2,5-6H,(H,7,8)(H,9,10)/t2*16-;/m00./s1. The molecule has 72 heavy (non-hydrogen) atoms. The molecule has 10 aromatic rings. The zero-order chi connectivity index (χ0) is 51.1. The molecule has 0 amide bonds. The number of nitrogens with one attached hydrogen (secondary N) is 4. The van der Waals surface area contributed by atoms with Gasteiger partial charge in [-0.2, -0.15) is 0 Å². The van der Waals surface area contributed by atoms with Gasteiger partial charge in [0.05, 0.1) is 46.6 Å². The Kier molecular flexibility index (Phi) is 14.7. The molecule has 22 heteroatoms. The fourth-order valence-corrected chi connectivity index (χ4v) is 7.69. The second-order valence-corrected chi connectivity index (χ2v) is 15.8. The Morgan fingerprint density at radius 3 is 1.36 bits per heavy atom. The molecule has 0 saturated carbocycles. The lowest BCUT2D eigenvalue weighted by Crippen LogP contribution is -2.39. The summed E-state index contributed by atoms with van der Waals surface area (Å²) < 4.78 is 40.5. The molecule has 6 heterocycles. The number of hydrogen-bond acceptors (Lipinski definition) is 16. The highest BCUT2D eigenvalue weighted by molar-refractivity contribution is 5.87. The first-order chi connectivity index (χ1) is 34.8. The average molecular weight is 981 g/mol. The van der Waals surface area contributed by atoms with Crippen LogP contribution in [-0.4, -0.2) is 84.4 Å². The molecule has 366 valence electrons. The molecule has 4 aromatic carbocycles. The van der Waals surface area contributed by atoms with Crippen molar-refractivity contribution in [1.82, 2.24) is 39.9 Å². The number of hydrogen-bond donors (Lipinski definition) is 8. The highest BCUT2D eigenvalue weighted by Crippen LogP contribution is 2.35. The van der Waals surface area contributed by atoms with Crippen LogP contribution in [0.1, 0.15) is 50.3 Å². The number of halogens is 2. The quantitative estimate of drug-likeness (QED) is 0.0553. The van der Waals surface area contributed by atoms with Crippen molar-refractivity contribution < 1.29 is 47.6 Å². The van der Waals surface area contributed by atoms with E-state index < -0.39 is 47.9 Å². The number of H-pyrrole nitrogens is 2. The predicted molar refractivity (Wildman–Crippen MR) is 260 cm³/mol. The fraction of sp³-hybridized carbons (Fsp3) is 0.160. The summed E-state index contributed by atoms with van der Waals surface area (Å²) in [5.41, 5.74) is 4.43. The topological polar surface area (TPSA) is 308 Å². The van der Waals surface area contributed by atoms with Gasteiger partial charge in [0.2, 0.25) is 10.9 Å². The highest BCUT2D eigenvalue weighted by atomic mass is 19.1. The Balaban J connectivity index is 0.000000163. The molecule has 0 radical (unpaired) electrons. The van der Waals surface area contributed by atoms with E-state index in [4.69, 9.17) is 29.3 Å². The number of carboxylic acids is 2. The van der Waals surface area contributed by atoms with Crippen LogP contribution >= 0.6 is 0 Å². The highest BCUT2D eigenvalue weighted by Gasteiger charge is 2.30. The van der Waals surface area contributed by atoms with Crippen molar-refractivity contribution in [2.24, 2.45) is 0 Å². The van der Waals surface area contributed by atoms with Crippen LogP contribution in [0.3, 0.4) is 0 Å². The molecule has 0 bridgehead atoms. The van der Waals surface area contributed by atoms with Gasteiger partial charge in [0.1, 0.15) is 58.0 Å². The normalized spacial score (nSPS) is 12.8. The van der Waals surface area contributed by atoms with E-state index in [-0.39, 0.29) is 10.9 Å². The lowest BCUT2D eigenvalue weighted by atomic mass is 9.97. The Morgan fingerprint density at radius 1 is 0.583 bits per heavy atom. The summed E-state index contributed by atoms with van der Waals surface area (Å²) in [6.07, 6.45) is 2.58. The largest absolute Gasteiger partial charge is 0.479 e. The average Bonchev–Trinajstić information content (AvgIpc) is 4.09. The van der Waals surface area contributed by atoms with Gasteiger partial charge in [-0.05, 0) is 72.5 Å². The van der Waals surface area contributed by atoms with E-state index in [1.54, 1.807) is 73.3 Å². The summed E-state index contributed by atoms with van der Waals surface area (Å²) in [5, 5.41) is 40.1. The maximum atomic E-state index is 14.0. The van der Waals surface area contributed by atoms with Crippen LogP contribution < -0.4 is 21.5 Å². The van der Waals surface area contributed by atoms with Gasteiger partial charge in [0.25, 0.3) is 0 Å². The molecule has 2 unspecified atom stereocenters. The number of fused-ring (bicyclic) bond motifs is 4. The lowest BCUT2D eigenvalue weighted by molar-refractivity contribution is -0.165. The Hall–Kier alpha value is -9.28. The van der Waals surface area contributed by atoms with Gasteiger partial charge in [0, 0.05) is 0 Å². The minimum absolute atomic E-state index is 0.213. The smallest absolute Gasteiger partial charge is 0.335 e. The van der Waals surface area contributed by atoms with Gasteiger partial charge in [-0.3, -0.25) is 9.59 Å². The second kappa shape index (κ2) is 21.6. The number of aromatic amines is 2. The van der Waals surface area contributed by atoms with Gasteiger partial charge < -0.3 is 49.9 Å². The molecule has 0 saturated heterocycles. The molecule has 0 aliphatic rings. The van der Waals surface area contributed by atoms with Crippen LogP contribution in [-0.2, 0) is 9.59 Å². The minimum atomic E-state index is -2.27. The molecule has 4 atom stereocenters. The van der Waals surface area contributed by atoms with Gasteiger partial charge in [0.15, 0.2) is 35.1 Å². The van der Waals surface area contributed by atoms with E-state index in [1.807, 2.05) is 26.0 Å². The molecule has 10 rings (SSSR count). The van der Waals surface area contributed by atoms with Crippen LogP contribution in [0.25, 0.3) is 66.5 Å². The molecule has 0 aliphatic heterocycles. The summed E-state index contributed by atoms with van der Waals surface area (Å²) >= 11 is 0. The third-order valence-corrected chi connectivity index (χ3v) is 11.2. The van der Waals surface area contributed by atoms with Gasteiger partial charge in [-0.1, -0.05) is 62.4 Å². The van der Waals surface area contributed by atoms with Crippen molar-refractivity contribution in [1.29, 1.82) is 0 Å². The van der Waals surface area contributed by atoms with Crippen molar-refractivity contribution in [3.05, 3.63) is 166 Å². The number of nitrogens with zero attached hydrogens (tertiary/aromatic N) is 6. The number of aliphatic carboxylic acids is 2. The summed E-state index contributed by atoms with van der Waals surface area (Å²) in [7, 11) is 0. The summed E-state index contributed by atoms with van der Waals surface area (Å²) in [5.74, 6) is -2.53. The van der Waals surface area contributed by atoms with Crippen molar-refractivity contribution >= 4 is 67.8 Å². The number of aliphatic hydroxyl groups excluding tert-OH is 2. The van der Waals surface area contributed by atoms with E-state index in [0.29, 0.717) is 103 Å². The van der Waals surface area contributed by atoms with Gasteiger partial charge >= 0.3 is 11.9 Å².